The van der Waals surface area contributed by atoms with E-state index in [1.807, 2.05) is 43.7 Å². The van der Waals surface area contributed by atoms with Gasteiger partial charge in [-0.2, -0.15) is 5.10 Å². The summed E-state index contributed by atoms with van der Waals surface area (Å²) in [4.78, 5) is 25.7. The fraction of sp³-hybridized carbons (Fsp3) is 0.529. The molecule has 0 atom stereocenters. The maximum absolute atomic E-state index is 12.8. The maximum atomic E-state index is 12.8. The molecular weight excluding hydrogens is 336 g/mol. The van der Waals surface area contributed by atoms with Gasteiger partial charge in [0.15, 0.2) is 5.16 Å². The van der Waals surface area contributed by atoms with Gasteiger partial charge in [0.1, 0.15) is 0 Å². The first kappa shape index (κ1) is 17.9. The summed E-state index contributed by atoms with van der Waals surface area (Å²) in [7, 11) is 1.85. The number of hydrogen-bond donors (Lipinski definition) is 0. The molecule has 0 N–H and O–H groups in total. The Bertz CT molecular complexity index is 729. The van der Waals surface area contributed by atoms with Crippen molar-refractivity contribution in [2.75, 3.05) is 32.4 Å². The molecule has 3 rings (SSSR count). The van der Waals surface area contributed by atoms with Gasteiger partial charge in [0.25, 0.3) is 5.91 Å². The molecule has 8 heteroatoms. The van der Waals surface area contributed by atoms with E-state index in [9.17, 15) is 4.79 Å². The minimum Gasteiger partial charge on any atom is -0.337 e. The van der Waals surface area contributed by atoms with Gasteiger partial charge in [-0.05, 0) is 19.6 Å². The quantitative estimate of drug-likeness (QED) is 0.609. The minimum absolute atomic E-state index is 0.0834. The van der Waals surface area contributed by atoms with Crippen molar-refractivity contribution in [3.63, 3.8) is 0 Å². The Morgan fingerprint density at radius 1 is 1.20 bits per heavy atom. The van der Waals surface area contributed by atoms with Gasteiger partial charge in [-0.15, -0.1) is 0 Å². The van der Waals surface area contributed by atoms with Crippen molar-refractivity contribution in [1.29, 1.82) is 0 Å². The molecule has 7 nitrogen and oxygen atoms in total. The first-order valence-corrected chi connectivity index (χ1v) is 9.66. The lowest BCUT2D eigenvalue weighted by molar-refractivity contribution is 0.0760. The Labute approximate surface area is 152 Å². The monoisotopic (exact) mass is 360 g/mol. The molecule has 2 aromatic rings. The van der Waals surface area contributed by atoms with Crippen molar-refractivity contribution in [2.45, 2.75) is 25.0 Å². The van der Waals surface area contributed by atoms with Crippen LogP contribution >= 0.6 is 11.8 Å². The molecule has 0 spiro atoms. The molecule has 25 heavy (non-hydrogen) atoms. The Morgan fingerprint density at radius 3 is 2.60 bits per heavy atom. The van der Waals surface area contributed by atoms with Crippen molar-refractivity contribution >= 4 is 17.7 Å². The lowest BCUT2D eigenvalue weighted by Crippen LogP contribution is -2.35. The van der Waals surface area contributed by atoms with Crippen LogP contribution < -0.4 is 0 Å². The molecule has 0 radical (unpaired) electrons. The highest BCUT2D eigenvalue weighted by atomic mass is 32.2. The minimum atomic E-state index is 0.0834. The Kier molecular flexibility index (Phi) is 5.70. The van der Waals surface area contributed by atoms with E-state index in [1.54, 1.807) is 16.4 Å². The number of carbonyl (C=O) groups excluding carboxylic acids is 1. The average Bonchev–Trinajstić information content (AvgIpc) is 2.81. The summed E-state index contributed by atoms with van der Waals surface area (Å²) < 4.78 is 1.70. The predicted octanol–water partition coefficient (Wildman–Crippen LogP) is 1.59. The van der Waals surface area contributed by atoms with Crippen molar-refractivity contribution < 1.29 is 4.79 Å². The predicted molar refractivity (Wildman–Crippen MR) is 97.6 cm³/mol. The van der Waals surface area contributed by atoms with Crippen LogP contribution in [0.1, 0.15) is 28.0 Å². The molecule has 0 aromatic carbocycles. The molecule has 0 bridgehead atoms. The number of nitrogens with zero attached hydrogens (tertiary/aromatic N) is 6. The summed E-state index contributed by atoms with van der Waals surface area (Å²) in [6.45, 7) is 6.05. The zero-order valence-electron chi connectivity index (χ0n) is 15.0. The highest BCUT2D eigenvalue weighted by Gasteiger charge is 2.23. The van der Waals surface area contributed by atoms with E-state index in [0.717, 1.165) is 55.6 Å². The molecule has 0 unspecified atom stereocenters. The Hall–Kier alpha value is -1.93. The van der Waals surface area contributed by atoms with E-state index in [4.69, 9.17) is 0 Å². The summed E-state index contributed by atoms with van der Waals surface area (Å²) in [6.07, 6.45) is 8.54. The SMILES string of the molecule is CSc1ncc(CN2CCCN(C(=O)c3cn(C)nc3C)CC2)cn1. The van der Waals surface area contributed by atoms with Gasteiger partial charge in [0.05, 0.1) is 11.3 Å². The van der Waals surface area contributed by atoms with Crippen LogP contribution in [0.3, 0.4) is 0 Å². The number of rotatable bonds is 4. The normalized spacial score (nSPS) is 16.0. The van der Waals surface area contributed by atoms with Gasteiger partial charge < -0.3 is 4.90 Å². The maximum Gasteiger partial charge on any atom is 0.257 e. The molecule has 1 amide bonds. The summed E-state index contributed by atoms with van der Waals surface area (Å²) in [6, 6.07) is 0. The van der Waals surface area contributed by atoms with Crippen LogP contribution in [0.2, 0.25) is 0 Å². The van der Waals surface area contributed by atoms with Crippen LogP contribution in [0.15, 0.2) is 23.7 Å². The number of aryl methyl sites for hydroxylation is 2. The Morgan fingerprint density at radius 2 is 1.96 bits per heavy atom. The molecule has 0 saturated carbocycles. The van der Waals surface area contributed by atoms with Gasteiger partial charge in [-0.3, -0.25) is 14.4 Å². The molecule has 1 aliphatic heterocycles. The largest absolute Gasteiger partial charge is 0.337 e. The molecule has 1 saturated heterocycles. The second kappa shape index (κ2) is 7.97. The van der Waals surface area contributed by atoms with E-state index in [1.165, 1.54) is 0 Å². The Balaban J connectivity index is 1.60. The lowest BCUT2D eigenvalue weighted by Gasteiger charge is -2.21. The third-order valence-electron chi connectivity index (χ3n) is 4.39. The van der Waals surface area contributed by atoms with Gasteiger partial charge in [0.2, 0.25) is 0 Å². The van der Waals surface area contributed by atoms with E-state index < -0.39 is 0 Å². The summed E-state index contributed by atoms with van der Waals surface area (Å²) in [5.41, 5.74) is 2.61. The number of amides is 1. The first-order chi connectivity index (χ1) is 12.1. The summed E-state index contributed by atoms with van der Waals surface area (Å²) in [5.74, 6) is 0.0834. The molecular formula is C17H24N6OS. The molecule has 134 valence electrons. The third kappa shape index (κ3) is 4.38. The topological polar surface area (TPSA) is 67.2 Å². The van der Waals surface area contributed by atoms with E-state index in [-0.39, 0.29) is 5.91 Å². The van der Waals surface area contributed by atoms with Crippen molar-refractivity contribution in [3.8, 4) is 0 Å². The molecule has 3 heterocycles. The molecule has 2 aromatic heterocycles. The summed E-state index contributed by atoms with van der Waals surface area (Å²) in [5, 5.41) is 5.07. The standard InChI is InChI=1S/C17H24N6OS/c1-13-15(12-21(2)20-13)16(24)23-6-4-5-22(7-8-23)11-14-9-18-17(25-3)19-10-14/h9-10,12H,4-8,11H2,1-3H3. The number of hydrogen-bond acceptors (Lipinski definition) is 6. The first-order valence-electron chi connectivity index (χ1n) is 8.43. The van der Waals surface area contributed by atoms with Gasteiger partial charge in [0, 0.05) is 63.9 Å². The van der Waals surface area contributed by atoms with Crippen LogP contribution in [-0.2, 0) is 13.6 Å². The van der Waals surface area contributed by atoms with Gasteiger partial charge in [-0.25, -0.2) is 9.97 Å². The highest BCUT2D eigenvalue weighted by Crippen LogP contribution is 2.14. The third-order valence-corrected chi connectivity index (χ3v) is 4.97. The van der Waals surface area contributed by atoms with Crippen molar-refractivity contribution in [3.05, 3.63) is 35.4 Å². The van der Waals surface area contributed by atoms with E-state index in [2.05, 4.69) is 20.0 Å². The second-order valence-corrected chi connectivity index (χ2v) is 7.08. The van der Waals surface area contributed by atoms with E-state index >= 15 is 0 Å². The summed E-state index contributed by atoms with van der Waals surface area (Å²) >= 11 is 1.54. The zero-order chi connectivity index (χ0) is 17.8. The zero-order valence-corrected chi connectivity index (χ0v) is 15.8. The van der Waals surface area contributed by atoms with Crippen molar-refractivity contribution in [2.24, 2.45) is 7.05 Å². The van der Waals surface area contributed by atoms with E-state index in [0.29, 0.717) is 5.56 Å². The van der Waals surface area contributed by atoms with Gasteiger partial charge >= 0.3 is 0 Å². The number of thioether (sulfide) groups is 1. The molecule has 0 aliphatic carbocycles. The number of carbonyl (C=O) groups is 1. The van der Waals surface area contributed by atoms with Crippen LogP contribution in [0.4, 0.5) is 0 Å². The van der Waals surface area contributed by atoms with Crippen LogP contribution in [0.5, 0.6) is 0 Å². The average molecular weight is 360 g/mol. The molecule has 1 aliphatic rings. The van der Waals surface area contributed by atoms with Crippen LogP contribution in [0.25, 0.3) is 0 Å². The second-order valence-electron chi connectivity index (χ2n) is 6.30. The van der Waals surface area contributed by atoms with Crippen LogP contribution in [-0.4, -0.2) is 67.9 Å². The fourth-order valence-electron chi connectivity index (χ4n) is 3.10. The molecule has 1 fully saturated rings. The number of aromatic nitrogens is 4. The van der Waals surface area contributed by atoms with Crippen molar-refractivity contribution in [1.82, 2.24) is 29.5 Å². The lowest BCUT2D eigenvalue weighted by atomic mass is 10.2. The van der Waals surface area contributed by atoms with Gasteiger partial charge in [-0.1, -0.05) is 11.8 Å². The highest BCUT2D eigenvalue weighted by molar-refractivity contribution is 7.98. The fourth-order valence-corrected chi connectivity index (χ4v) is 3.42. The smallest absolute Gasteiger partial charge is 0.257 e. The van der Waals surface area contributed by atoms with Crippen LogP contribution in [0, 0.1) is 6.92 Å².